The molecule has 0 aromatic carbocycles. The van der Waals surface area contributed by atoms with Gasteiger partial charge in [-0.15, -0.1) is 10.2 Å². The topological polar surface area (TPSA) is 67.1 Å². The first-order valence-corrected chi connectivity index (χ1v) is 10.00. The van der Waals surface area contributed by atoms with E-state index in [0.717, 1.165) is 35.8 Å². The molecule has 2 aliphatic rings. The Hall–Kier alpha value is -1.24. The molecule has 1 aromatic rings. The van der Waals surface area contributed by atoms with Crippen molar-refractivity contribution < 1.29 is 0 Å². The number of nitrogens with zero attached hydrogens (tertiary/aromatic N) is 4. The molecule has 2 heterocycles. The van der Waals surface area contributed by atoms with Crippen molar-refractivity contribution in [2.75, 3.05) is 13.3 Å². The molecule has 1 aromatic heterocycles. The number of aliphatic imine (C=N–C) groups is 1. The van der Waals surface area contributed by atoms with Gasteiger partial charge in [0.05, 0.1) is 6.54 Å². The summed E-state index contributed by atoms with van der Waals surface area (Å²) in [6, 6.07) is 0.536. The molecular weight excluding hydrogens is 308 g/mol. The van der Waals surface area contributed by atoms with Crippen LogP contribution >= 0.6 is 11.8 Å². The van der Waals surface area contributed by atoms with E-state index >= 15 is 0 Å². The van der Waals surface area contributed by atoms with Gasteiger partial charge >= 0.3 is 0 Å². The van der Waals surface area contributed by atoms with Gasteiger partial charge in [0.2, 0.25) is 0 Å². The Kier molecular flexibility index (Phi) is 5.80. The number of fused-ring (bicyclic) bond motifs is 1. The lowest BCUT2D eigenvalue weighted by atomic mass is 10.2. The number of guanidine groups is 1. The first-order valence-electron chi connectivity index (χ1n) is 8.71. The lowest BCUT2D eigenvalue weighted by Crippen LogP contribution is -2.42. The minimum atomic E-state index is 0.536. The molecule has 0 spiro atoms. The second-order valence-electron chi connectivity index (χ2n) is 6.43. The monoisotopic (exact) mass is 336 g/mol. The molecule has 128 valence electrons. The molecule has 0 radical (unpaired) electrons. The van der Waals surface area contributed by atoms with Gasteiger partial charge < -0.3 is 15.2 Å². The van der Waals surface area contributed by atoms with Crippen LogP contribution in [0, 0.1) is 0 Å². The first kappa shape index (κ1) is 16.6. The molecule has 2 atom stereocenters. The number of hydrogen-bond donors (Lipinski definition) is 2. The summed E-state index contributed by atoms with van der Waals surface area (Å²) in [5.41, 5.74) is 0. The fourth-order valence-electron chi connectivity index (χ4n) is 3.51. The third kappa shape index (κ3) is 4.19. The molecular formula is C16H28N6S. The number of thioether (sulfide) groups is 1. The van der Waals surface area contributed by atoms with E-state index < -0.39 is 0 Å². The van der Waals surface area contributed by atoms with Gasteiger partial charge in [-0.3, -0.25) is 4.99 Å². The Labute approximate surface area is 142 Å². The van der Waals surface area contributed by atoms with Crippen molar-refractivity contribution >= 4 is 17.7 Å². The fraction of sp³-hybridized carbons (Fsp3) is 0.812. The zero-order chi connectivity index (χ0) is 16.1. The van der Waals surface area contributed by atoms with E-state index in [0.29, 0.717) is 12.6 Å². The van der Waals surface area contributed by atoms with Gasteiger partial charge in [0, 0.05) is 31.3 Å². The van der Waals surface area contributed by atoms with Crippen LogP contribution in [0.25, 0.3) is 0 Å². The Morgan fingerprint density at radius 1 is 1.30 bits per heavy atom. The molecule has 7 heteroatoms. The van der Waals surface area contributed by atoms with E-state index in [9.17, 15) is 0 Å². The van der Waals surface area contributed by atoms with Crippen molar-refractivity contribution in [2.24, 2.45) is 4.99 Å². The molecule has 2 unspecified atom stereocenters. The summed E-state index contributed by atoms with van der Waals surface area (Å²) in [5.74, 6) is 3.04. The van der Waals surface area contributed by atoms with Gasteiger partial charge in [0.15, 0.2) is 11.8 Å². The SMILES string of the molecule is CN=C(NCc1nnc2n1CCCCC2)NC1CCC(SC)C1. The highest BCUT2D eigenvalue weighted by atomic mass is 32.2. The van der Waals surface area contributed by atoms with Crippen molar-refractivity contribution in [2.45, 2.75) is 69.3 Å². The van der Waals surface area contributed by atoms with Crippen LogP contribution in [0.4, 0.5) is 0 Å². The average Bonchev–Trinajstić information content (AvgIpc) is 3.11. The van der Waals surface area contributed by atoms with Gasteiger partial charge in [-0.05, 0) is 38.4 Å². The summed E-state index contributed by atoms with van der Waals surface area (Å²) in [6.07, 6.45) is 10.8. The number of aryl methyl sites for hydroxylation is 1. The van der Waals surface area contributed by atoms with E-state index in [2.05, 4.69) is 36.6 Å². The number of aromatic nitrogens is 3. The quantitative estimate of drug-likeness (QED) is 0.650. The lowest BCUT2D eigenvalue weighted by Gasteiger charge is -2.17. The van der Waals surface area contributed by atoms with Crippen molar-refractivity contribution in [3.8, 4) is 0 Å². The molecule has 0 amide bonds. The fourth-order valence-corrected chi connectivity index (χ4v) is 4.31. The molecule has 6 nitrogen and oxygen atoms in total. The normalized spacial score (nSPS) is 25.0. The maximum Gasteiger partial charge on any atom is 0.191 e. The highest BCUT2D eigenvalue weighted by Gasteiger charge is 2.24. The summed E-state index contributed by atoms with van der Waals surface area (Å²) in [4.78, 5) is 4.36. The largest absolute Gasteiger partial charge is 0.354 e. The minimum absolute atomic E-state index is 0.536. The van der Waals surface area contributed by atoms with Crippen molar-refractivity contribution in [3.05, 3.63) is 11.6 Å². The third-order valence-corrected chi connectivity index (χ3v) is 5.98. The smallest absolute Gasteiger partial charge is 0.191 e. The van der Waals surface area contributed by atoms with Gasteiger partial charge in [-0.25, -0.2) is 0 Å². The predicted octanol–water partition coefficient (Wildman–Crippen LogP) is 1.95. The minimum Gasteiger partial charge on any atom is -0.354 e. The second kappa shape index (κ2) is 8.04. The predicted molar refractivity (Wildman–Crippen MR) is 95.9 cm³/mol. The molecule has 1 aliphatic carbocycles. The maximum atomic E-state index is 4.37. The highest BCUT2D eigenvalue weighted by molar-refractivity contribution is 7.99. The van der Waals surface area contributed by atoms with E-state index in [1.54, 1.807) is 0 Å². The van der Waals surface area contributed by atoms with E-state index in [4.69, 9.17) is 0 Å². The lowest BCUT2D eigenvalue weighted by molar-refractivity contribution is 0.586. The Bertz CT molecular complexity index is 541. The molecule has 1 saturated carbocycles. The van der Waals surface area contributed by atoms with Gasteiger partial charge in [0.25, 0.3) is 0 Å². The van der Waals surface area contributed by atoms with Crippen LogP contribution < -0.4 is 10.6 Å². The first-order chi connectivity index (χ1) is 11.3. The third-order valence-electron chi connectivity index (χ3n) is 4.88. The Morgan fingerprint density at radius 3 is 3.00 bits per heavy atom. The molecule has 2 N–H and O–H groups in total. The van der Waals surface area contributed by atoms with E-state index in [1.807, 2.05) is 18.8 Å². The van der Waals surface area contributed by atoms with Crippen LogP contribution in [0.2, 0.25) is 0 Å². The molecule has 0 saturated heterocycles. The van der Waals surface area contributed by atoms with Crippen LogP contribution in [0.1, 0.15) is 50.2 Å². The number of hydrogen-bond acceptors (Lipinski definition) is 4. The summed E-state index contributed by atoms with van der Waals surface area (Å²) in [6.45, 7) is 1.73. The average molecular weight is 337 g/mol. The molecule has 3 rings (SSSR count). The van der Waals surface area contributed by atoms with Crippen molar-refractivity contribution in [3.63, 3.8) is 0 Å². The Morgan fingerprint density at radius 2 is 2.22 bits per heavy atom. The van der Waals surface area contributed by atoms with E-state index in [1.165, 1.54) is 38.5 Å². The summed E-state index contributed by atoms with van der Waals surface area (Å²) >= 11 is 1.98. The number of rotatable bonds is 4. The van der Waals surface area contributed by atoms with Crippen LogP contribution in [-0.4, -0.2) is 45.3 Å². The summed E-state index contributed by atoms with van der Waals surface area (Å²) in [5, 5.41) is 16.5. The zero-order valence-electron chi connectivity index (χ0n) is 14.2. The van der Waals surface area contributed by atoms with Crippen LogP contribution in [0.15, 0.2) is 4.99 Å². The van der Waals surface area contributed by atoms with Crippen molar-refractivity contribution in [1.29, 1.82) is 0 Å². The van der Waals surface area contributed by atoms with Gasteiger partial charge in [-0.1, -0.05) is 6.42 Å². The van der Waals surface area contributed by atoms with E-state index in [-0.39, 0.29) is 0 Å². The zero-order valence-corrected chi connectivity index (χ0v) is 15.0. The number of nitrogens with one attached hydrogen (secondary N) is 2. The molecule has 1 aliphatic heterocycles. The second-order valence-corrected chi connectivity index (χ2v) is 7.57. The van der Waals surface area contributed by atoms with Gasteiger partial charge in [-0.2, -0.15) is 11.8 Å². The molecule has 0 bridgehead atoms. The standard InChI is InChI=1S/C16H28N6S/c1-17-16(19-12-7-8-13(10-12)23-2)18-11-15-21-20-14-6-4-3-5-9-22(14)15/h12-13H,3-11H2,1-2H3,(H2,17,18,19). The van der Waals surface area contributed by atoms with Gasteiger partial charge in [0.1, 0.15) is 5.82 Å². The van der Waals surface area contributed by atoms with Crippen LogP contribution in [-0.2, 0) is 19.5 Å². The summed E-state index contributed by atoms with van der Waals surface area (Å²) in [7, 11) is 1.83. The molecule has 1 fully saturated rings. The maximum absolute atomic E-state index is 4.37. The summed E-state index contributed by atoms with van der Waals surface area (Å²) < 4.78 is 2.28. The van der Waals surface area contributed by atoms with Crippen molar-refractivity contribution in [1.82, 2.24) is 25.4 Å². The van der Waals surface area contributed by atoms with Crippen LogP contribution in [0.3, 0.4) is 0 Å². The Balaban J connectivity index is 1.53. The van der Waals surface area contributed by atoms with Crippen LogP contribution in [0.5, 0.6) is 0 Å². The molecule has 23 heavy (non-hydrogen) atoms. The highest BCUT2D eigenvalue weighted by Crippen LogP contribution is 2.28.